The maximum absolute atomic E-state index is 13.0. The number of pyridine rings is 1. The quantitative estimate of drug-likeness (QED) is 0.437. The van der Waals surface area contributed by atoms with Crippen LogP contribution in [0.15, 0.2) is 39.8 Å². The van der Waals surface area contributed by atoms with E-state index in [1.54, 1.807) is 36.8 Å². The van der Waals surface area contributed by atoms with Crippen LogP contribution in [0.25, 0.3) is 5.57 Å². The van der Waals surface area contributed by atoms with E-state index in [9.17, 15) is 14.7 Å². The Balaban J connectivity index is 2.18. The zero-order valence-electron chi connectivity index (χ0n) is 18.2. The van der Waals surface area contributed by atoms with Crippen molar-refractivity contribution in [1.82, 2.24) is 9.72 Å². The molecule has 0 unspecified atom stereocenters. The molecule has 7 nitrogen and oxygen atoms in total. The SMILES string of the molecule is C=CCCn1cc(C#C[C@](C)(O)c2cc(C)on2)c2c(c1=O)CC(C)=C2C(=O)OCC. The summed E-state index contributed by atoms with van der Waals surface area (Å²) in [4.78, 5) is 25.7. The largest absolute Gasteiger partial charge is 0.462 e. The molecule has 3 rings (SSSR count). The molecule has 1 atom stereocenters. The van der Waals surface area contributed by atoms with Gasteiger partial charge in [-0.3, -0.25) is 4.79 Å². The van der Waals surface area contributed by atoms with Crippen molar-refractivity contribution in [3.8, 4) is 11.8 Å². The summed E-state index contributed by atoms with van der Waals surface area (Å²) in [6, 6.07) is 1.61. The molecular weight excluding hydrogens is 396 g/mol. The van der Waals surface area contributed by atoms with Gasteiger partial charge in [0.2, 0.25) is 0 Å². The molecule has 2 aromatic heterocycles. The molecule has 1 N–H and O–H groups in total. The van der Waals surface area contributed by atoms with Gasteiger partial charge in [0, 0.05) is 41.9 Å². The number of carbonyl (C=O) groups excluding carboxylic acids is 1. The Kier molecular flexibility index (Phi) is 6.32. The highest BCUT2D eigenvalue weighted by Gasteiger charge is 2.31. The van der Waals surface area contributed by atoms with Crippen molar-refractivity contribution in [2.24, 2.45) is 0 Å². The third-order valence-corrected chi connectivity index (χ3v) is 5.11. The Morgan fingerprint density at radius 1 is 1.48 bits per heavy atom. The molecule has 2 aromatic rings. The molecule has 0 amide bonds. The van der Waals surface area contributed by atoms with Crippen LogP contribution in [0, 0.1) is 18.8 Å². The summed E-state index contributed by atoms with van der Waals surface area (Å²) in [6.07, 6.45) is 4.32. The van der Waals surface area contributed by atoms with Crippen LogP contribution in [0.4, 0.5) is 0 Å². The number of esters is 1. The summed E-state index contributed by atoms with van der Waals surface area (Å²) in [5.41, 5.74) is 1.13. The Morgan fingerprint density at radius 2 is 2.23 bits per heavy atom. The maximum Gasteiger partial charge on any atom is 0.338 e. The number of carbonyl (C=O) groups is 1. The molecule has 31 heavy (non-hydrogen) atoms. The van der Waals surface area contributed by atoms with Gasteiger partial charge in [0.25, 0.3) is 5.56 Å². The van der Waals surface area contributed by atoms with Crippen LogP contribution in [0.5, 0.6) is 0 Å². The molecule has 162 valence electrons. The van der Waals surface area contributed by atoms with Gasteiger partial charge < -0.3 is 18.9 Å². The van der Waals surface area contributed by atoms with Crippen molar-refractivity contribution < 1.29 is 19.2 Å². The van der Waals surface area contributed by atoms with Gasteiger partial charge in [-0.15, -0.1) is 6.58 Å². The second-order valence-electron chi connectivity index (χ2n) is 7.67. The number of hydrogen-bond donors (Lipinski definition) is 1. The Hall–Kier alpha value is -3.37. The highest BCUT2D eigenvalue weighted by atomic mass is 16.5. The molecule has 0 aliphatic heterocycles. The molecule has 0 fully saturated rings. The summed E-state index contributed by atoms with van der Waals surface area (Å²) in [6.45, 7) is 11.2. The molecule has 0 bridgehead atoms. The summed E-state index contributed by atoms with van der Waals surface area (Å²) in [5, 5.41) is 14.7. The van der Waals surface area contributed by atoms with E-state index in [2.05, 4.69) is 23.6 Å². The van der Waals surface area contributed by atoms with E-state index >= 15 is 0 Å². The lowest BCUT2D eigenvalue weighted by atomic mass is 9.98. The predicted molar refractivity (Wildman–Crippen MR) is 116 cm³/mol. The van der Waals surface area contributed by atoms with Crippen molar-refractivity contribution >= 4 is 11.5 Å². The first kappa shape index (κ1) is 22.3. The number of hydrogen-bond acceptors (Lipinski definition) is 6. The number of aryl methyl sites for hydroxylation is 2. The molecule has 0 saturated heterocycles. The molecule has 7 heteroatoms. The van der Waals surface area contributed by atoms with Crippen LogP contribution < -0.4 is 5.56 Å². The molecule has 0 aromatic carbocycles. The highest BCUT2D eigenvalue weighted by molar-refractivity contribution is 6.19. The molecule has 0 saturated carbocycles. The van der Waals surface area contributed by atoms with Gasteiger partial charge in [-0.05, 0) is 34.1 Å². The Labute approximate surface area is 181 Å². The van der Waals surface area contributed by atoms with E-state index in [-0.39, 0.29) is 17.9 Å². The van der Waals surface area contributed by atoms with Crippen LogP contribution in [0.2, 0.25) is 0 Å². The fraction of sp³-hybridized carbons (Fsp3) is 0.375. The van der Waals surface area contributed by atoms with E-state index in [1.807, 2.05) is 6.92 Å². The van der Waals surface area contributed by atoms with Crippen molar-refractivity contribution in [2.75, 3.05) is 6.61 Å². The minimum absolute atomic E-state index is 0.167. The lowest BCUT2D eigenvalue weighted by Gasteiger charge is -2.14. The summed E-state index contributed by atoms with van der Waals surface area (Å²) >= 11 is 0. The minimum Gasteiger partial charge on any atom is -0.462 e. The smallest absolute Gasteiger partial charge is 0.338 e. The maximum atomic E-state index is 13.0. The Bertz CT molecular complexity index is 1180. The fourth-order valence-corrected chi connectivity index (χ4v) is 3.56. The number of ether oxygens (including phenoxy) is 1. The van der Waals surface area contributed by atoms with E-state index in [4.69, 9.17) is 9.26 Å². The molecular formula is C24H26N2O5. The van der Waals surface area contributed by atoms with Crippen LogP contribution in [-0.2, 0) is 28.1 Å². The van der Waals surface area contributed by atoms with Crippen LogP contribution in [0.1, 0.15) is 55.3 Å². The van der Waals surface area contributed by atoms with E-state index in [0.717, 1.165) is 5.57 Å². The number of allylic oxidation sites excluding steroid dienone is 2. The average Bonchev–Trinajstić information content (AvgIpc) is 3.31. The van der Waals surface area contributed by atoms with Crippen molar-refractivity contribution in [3.05, 3.63) is 69.0 Å². The highest BCUT2D eigenvalue weighted by Crippen LogP contribution is 2.34. The van der Waals surface area contributed by atoms with E-state index in [1.165, 1.54) is 6.92 Å². The predicted octanol–water partition coefficient (Wildman–Crippen LogP) is 2.87. The summed E-state index contributed by atoms with van der Waals surface area (Å²) in [7, 11) is 0. The second kappa shape index (κ2) is 8.78. The monoisotopic (exact) mass is 422 g/mol. The Morgan fingerprint density at radius 3 is 2.84 bits per heavy atom. The average molecular weight is 422 g/mol. The molecule has 0 radical (unpaired) electrons. The van der Waals surface area contributed by atoms with Crippen LogP contribution in [-0.4, -0.2) is 27.4 Å². The zero-order valence-corrected chi connectivity index (χ0v) is 18.2. The van der Waals surface area contributed by atoms with Gasteiger partial charge in [0.15, 0.2) is 5.60 Å². The number of aliphatic hydroxyl groups is 1. The summed E-state index contributed by atoms with van der Waals surface area (Å²) < 4.78 is 11.8. The molecule has 1 aliphatic carbocycles. The van der Waals surface area contributed by atoms with Crippen molar-refractivity contribution in [3.63, 3.8) is 0 Å². The first-order valence-electron chi connectivity index (χ1n) is 10.1. The van der Waals surface area contributed by atoms with Gasteiger partial charge in [0.1, 0.15) is 11.5 Å². The first-order chi connectivity index (χ1) is 14.7. The number of rotatable bonds is 6. The normalized spacial score (nSPS) is 14.5. The number of aromatic nitrogens is 2. The van der Waals surface area contributed by atoms with Gasteiger partial charge in [-0.1, -0.05) is 28.6 Å². The number of fused-ring (bicyclic) bond motifs is 1. The first-order valence-corrected chi connectivity index (χ1v) is 10.1. The third-order valence-electron chi connectivity index (χ3n) is 5.11. The van der Waals surface area contributed by atoms with Gasteiger partial charge >= 0.3 is 5.97 Å². The standard InChI is InChI=1S/C24H26N2O5/c1-6-8-11-26-14-17(9-10-24(5,29)19-13-16(4)31-25-19)21-18(22(26)27)12-15(3)20(21)23(28)30-7-2/h6,13-14,29H,1,7-8,11-12H2,2-5H3/t24-/m0/s1. The molecule has 2 heterocycles. The third kappa shape index (κ3) is 4.39. The van der Waals surface area contributed by atoms with Crippen LogP contribution >= 0.6 is 0 Å². The topological polar surface area (TPSA) is 94.6 Å². The molecule has 1 aliphatic rings. The van der Waals surface area contributed by atoms with E-state index in [0.29, 0.717) is 47.4 Å². The van der Waals surface area contributed by atoms with Gasteiger partial charge in [-0.2, -0.15) is 0 Å². The van der Waals surface area contributed by atoms with Crippen molar-refractivity contribution in [2.45, 2.75) is 52.7 Å². The molecule has 0 spiro atoms. The lowest BCUT2D eigenvalue weighted by molar-refractivity contribution is -0.136. The zero-order chi connectivity index (χ0) is 22.8. The van der Waals surface area contributed by atoms with Gasteiger partial charge in [0.05, 0.1) is 12.2 Å². The minimum atomic E-state index is -1.58. The second-order valence-corrected chi connectivity index (χ2v) is 7.67. The number of nitrogens with zero attached hydrogens (tertiary/aromatic N) is 2. The van der Waals surface area contributed by atoms with Crippen molar-refractivity contribution in [1.29, 1.82) is 0 Å². The van der Waals surface area contributed by atoms with E-state index < -0.39 is 11.6 Å². The van der Waals surface area contributed by atoms with Gasteiger partial charge in [-0.25, -0.2) is 4.79 Å². The summed E-state index contributed by atoms with van der Waals surface area (Å²) in [5.74, 6) is 5.86. The van der Waals surface area contributed by atoms with Crippen LogP contribution in [0.3, 0.4) is 0 Å². The fourth-order valence-electron chi connectivity index (χ4n) is 3.56. The lowest BCUT2D eigenvalue weighted by Crippen LogP contribution is -2.25.